The molecule has 0 amide bonds. The summed E-state index contributed by atoms with van der Waals surface area (Å²) in [6, 6.07) is 9.19. The van der Waals surface area contributed by atoms with Crippen molar-refractivity contribution >= 4 is 30.0 Å². The van der Waals surface area contributed by atoms with Gasteiger partial charge in [0.15, 0.2) is 12.0 Å². The van der Waals surface area contributed by atoms with Crippen LogP contribution < -0.4 is 0 Å². The molecule has 0 aliphatic heterocycles. The lowest BCUT2D eigenvalue weighted by molar-refractivity contribution is 0.111. The van der Waals surface area contributed by atoms with Gasteiger partial charge in [-0.3, -0.25) is 4.79 Å². The first-order chi connectivity index (χ1) is 9.24. The van der Waals surface area contributed by atoms with Crippen LogP contribution >= 0.6 is 11.6 Å². The number of rotatable bonds is 4. The van der Waals surface area contributed by atoms with Gasteiger partial charge in [0.2, 0.25) is 0 Å². The molecule has 1 aromatic heterocycles. The molecule has 0 unspecified atom stereocenters. The third-order valence-electron chi connectivity index (χ3n) is 2.44. The molecule has 0 saturated carbocycles. The lowest BCUT2D eigenvalue weighted by Gasteiger charge is -1.97. The van der Waals surface area contributed by atoms with Crippen molar-refractivity contribution in [3.63, 3.8) is 0 Å². The second kappa shape index (κ2) is 5.94. The number of hydrogen-bond donors (Lipinski definition) is 0. The Hall–Kier alpha value is -2.45. The topological polar surface area (TPSA) is 71.6 Å². The normalized spacial score (nSPS) is 10.5. The van der Waals surface area contributed by atoms with E-state index in [0.717, 1.165) is 5.56 Å². The van der Waals surface area contributed by atoms with Gasteiger partial charge < -0.3 is 0 Å². The molecular weight excluding hydrogens is 264 g/mol. The molecular formula is C13H9ClN4O. The predicted octanol–water partition coefficient (Wildman–Crippen LogP) is 2.44. The summed E-state index contributed by atoms with van der Waals surface area (Å²) in [5.74, 6) is 0. The summed E-state index contributed by atoms with van der Waals surface area (Å²) in [5, 5.41) is 16.8. The van der Waals surface area contributed by atoms with Crippen LogP contribution in [0.4, 0.5) is 0 Å². The molecule has 19 heavy (non-hydrogen) atoms. The summed E-state index contributed by atoms with van der Waals surface area (Å²) in [4.78, 5) is 10.9. The molecule has 1 heterocycles. The number of aromatic nitrogens is 3. The molecule has 0 bridgehead atoms. The number of aldehydes is 1. The second-order valence-electron chi connectivity index (χ2n) is 3.68. The lowest BCUT2D eigenvalue weighted by atomic mass is 10.2. The van der Waals surface area contributed by atoms with Crippen molar-refractivity contribution in [2.45, 2.75) is 6.54 Å². The van der Waals surface area contributed by atoms with Crippen molar-refractivity contribution in [3.05, 3.63) is 46.2 Å². The maximum absolute atomic E-state index is 10.9. The fourth-order valence-electron chi connectivity index (χ4n) is 1.52. The van der Waals surface area contributed by atoms with Crippen LogP contribution in [0.15, 0.2) is 24.3 Å². The Labute approximate surface area is 114 Å². The number of benzene rings is 1. The number of nitriles is 1. The smallest absolute Gasteiger partial charge is 0.172 e. The van der Waals surface area contributed by atoms with Crippen LogP contribution in [0.5, 0.6) is 0 Å². The number of halogens is 1. The van der Waals surface area contributed by atoms with Gasteiger partial charge in [0.25, 0.3) is 0 Å². The molecule has 0 aliphatic carbocycles. The van der Waals surface area contributed by atoms with E-state index in [0.29, 0.717) is 17.0 Å². The Morgan fingerprint density at radius 1 is 1.32 bits per heavy atom. The van der Waals surface area contributed by atoms with Crippen LogP contribution in [-0.4, -0.2) is 21.3 Å². The van der Waals surface area contributed by atoms with Gasteiger partial charge in [-0.2, -0.15) is 5.26 Å². The van der Waals surface area contributed by atoms with Crippen molar-refractivity contribution in [1.82, 2.24) is 15.0 Å². The average molecular weight is 273 g/mol. The van der Waals surface area contributed by atoms with E-state index in [1.807, 2.05) is 18.2 Å². The molecule has 1 aromatic carbocycles. The molecule has 0 N–H and O–H groups in total. The Morgan fingerprint density at radius 2 is 2.05 bits per heavy atom. The zero-order valence-electron chi connectivity index (χ0n) is 9.82. The Balaban J connectivity index is 2.31. The molecule has 0 spiro atoms. The van der Waals surface area contributed by atoms with E-state index in [1.165, 1.54) is 4.68 Å². The van der Waals surface area contributed by atoms with E-state index in [9.17, 15) is 4.79 Å². The van der Waals surface area contributed by atoms with Crippen LogP contribution in [0.25, 0.3) is 12.2 Å². The van der Waals surface area contributed by atoms with E-state index in [2.05, 4.69) is 10.3 Å². The van der Waals surface area contributed by atoms with Crippen molar-refractivity contribution in [2.75, 3.05) is 0 Å². The third kappa shape index (κ3) is 3.06. The minimum atomic E-state index is 0.0428. The molecule has 0 saturated heterocycles. The fourth-order valence-corrected chi connectivity index (χ4v) is 1.65. The summed E-state index contributed by atoms with van der Waals surface area (Å²) in [6.07, 6.45) is 4.11. The van der Waals surface area contributed by atoms with Crippen LogP contribution in [0.3, 0.4) is 0 Å². The van der Waals surface area contributed by atoms with Gasteiger partial charge in [0.05, 0.1) is 11.8 Å². The predicted molar refractivity (Wildman–Crippen MR) is 71.4 cm³/mol. The summed E-state index contributed by atoms with van der Waals surface area (Å²) in [6.45, 7) is 0.0428. The monoisotopic (exact) mass is 272 g/mol. The highest BCUT2D eigenvalue weighted by Crippen LogP contribution is 2.13. The van der Waals surface area contributed by atoms with E-state index < -0.39 is 0 Å². The quantitative estimate of drug-likeness (QED) is 0.802. The largest absolute Gasteiger partial charge is 0.296 e. The Kier molecular flexibility index (Phi) is 4.06. The van der Waals surface area contributed by atoms with Gasteiger partial charge in [-0.05, 0) is 23.8 Å². The minimum absolute atomic E-state index is 0.0428. The van der Waals surface area contributed by atoms with Crippen molar-refractivity contribution < 1.29 is 4.79 Å². The summed E-state index contributed by atoms with van der Waals surface area (Å²) in [7, 11) is 0. The van der Waals surface area contributed by atoms with Gasteiger partial charge in [0.1, 0.15) is 6.54 Å². The maximum atomic E-state index is 10.9. The van der Waals surface area contributed by atoms with Crippen molar-refractivity contribution in [2.24, 2.45) is 0 Å². The lowest BCUT2D eigenvalue weighted by Crippen LogP contribution is -2.00. The molecule has 94 valence electrons. The van der Waals surface area contributed by atoms with E-state index in [4.69, 9.17) is 16.9 Å². The van der Waals surface area contributed by atoms with Crippen LogP contribution in [-0.2, 0) is 6.54 Å². The molecule has 0 atom stereocenters. The fraction of sp³-hybridized carbons (Fsp3) is 0.0769. The standard InChI is InChI=1S/C13H9ClN4O/c14-11-4-1-10(2-5-11)3-6-13-12(9-19)16-17-18(13)8-7-15/h1-6,9H,8H2/b6-3+. The SMILES string of the molecule is N#CCn1nnc(C=O)c1/C=C/c1ccc(Cl)cc1. The highest BCUT2D eigenvalue weighted by Gasteiger charge is 2.08. The first kappa shape index (κ1) is 13.0. The van der Waals surface area contributed by atoms with E-state index in [1.54, 1.807) is 24.3 Å². The van der Waals surface area contributed by atoms with Crippen LogP contribution in [0.1, 0.15) is 21.7 Å². The number of hydrogen-bond acceptors (Lipinski definition) is 4. The number of carbonyl (C=O) groups excluding carboxylic acids is 1. The zero-order valence-corrected chi connectivity index (χ0v) is 10.6. The summed E-state index contributed by atoms with van der Waals surface area (Å²) < 4.78 is 1.37. The Morgan fingerprint density at radius 3 is 2.68 bits per heavy atom. The van der Waals surface area contributed by atoms with Crippen molar-refractivity contribution in [3.8, 4) is 6.07 Å². The molecule has 0 radical (unpaired) electrons. The maximum Gasteiger partial charge on any atom is 0.172 e. The molecule has 5 nitrogen and oxygen atoms in total. The molecule has 2 rings (SSSR count). The number of nitrogens with zero attached hydrogens (tertiary/aromatic N) is 4. The van der Waals surface area contributed by atoms with Crippen LogP contribution in [0, 0.1) is 11.3 Å². The Bertz CT molecular complexity index is 652. The first-order valence-electron chi connectivity index (χ1n) is 5.44. The van der Waals surface area contributed by atoms with Gasteiger partial charge in [-0.1, -0.05) is 35.0 Å². The van der Waals surface area contributed by atoms with Gasteiger partial charge >= 0.3 is 0 Å². The molecule has 0 aliphatic rings. The average Bonchev–Trinajstić information content (AvgIpc) is 2.81. The van der Waals surface area contributed by atoms with Crippen molar-refractivity contribution in [1.29, 1.82) is 5.26 Å². The minimum Gasteiger partial charge on any atom is -0.296 e. The van der Waals surface area contributed by atoms with Gasteiger partial charge in [-0.25, -0.2) is 4.68 Å². The van der Waals surface area contributed by atoms with Gasteiger partial charge in [-0.15, -0.1) is 5.10 Å². The summed E-state index contributed by atoms with van der Waals surface area (Å²) in [5.41, 5.74) is 1.64. The molecule has 6 heteroatoms. The van der Waals surface area contributed by atoms with E-state index >= 15 is 0 Å². The zero-order chi connectivity index (χ0) is 13.7. The number of carbonyl (C=O) groups is 1. The molecule has 0 fully saturated rings. The third-order valence-corrected chi connectivity index (χ3v) is 2.69. The molecule has 2 aromatic rings. The highest BCUT2D eigenvalue weighted by atomic mass is 35.5. The second-order valence-corrected chi connectivity index (χ2v) is 4.11. The van der Waals surface area contributed by atoms with Crippen LogP contribution in [0.2, 0.25) is 5.02 Å². The highest BCUT2D eigenvalue weighted by molar-refractivity contribution is 6.30. The van der Waals surface area contributed by atoms with E-state index in [-0.39, 0.29) is 12.2 Å². The van der Waals surface area contributed by atoms with Gasteiger partial charge in [0, 0.05) is 5.02 Å². The summed E-state index contributed by atoms with van der Waals surface area (Å²) >= 11 is 5.79. The first-order valence-corrected chi connectivity index (χ1v) is 5.81.